The minimum atomic E-state index is -0.559. The van der Waals surface area contributed by atoms with Crippen LogP contribution in [0.25, 0.3) is 0 Å². The summed E-state index contributed by atoms with van der Waals surface area (Å²) in [7, 11) is 0. The van der Waals surface area contributed by atoms with E-state index in [1.54, 1.807) is 0 Å². The van der Waals surface area contributed by atoms with Crippen molar-refractivity contribution < 1.29 is 23.8 Å². The fourth-order valence-corrected chi connectivity index (χ4v) is 7.80. The van der Waals surface area contributed by atoms with E-state index in [-0.39, 0.29) is 25.2 Å². The monoisotopic (exact) mass is 945 g/mol. The molecule has 0 radical (unpaired) electrons. The van der Waals surface area contributed by atoms with Crippen molar-refractivity contribution in [3.63, 3.8) is 0 Å². The molecule has 0 rings (SSSR count). The quantitative estimate of drug-likeness (QED) is 0.0345. The van der Waals surface area contributed by atoms with E-state index in [2.05, 4.69) is 118 Å². The van der Waals surface area contributed by atoms with Crippen molar-refractivity contribution in [2.75, 3.05) is 19.8 Å². The molecular formula is C63H108O5. The molecule has 68 heavy (non-hydrogen) atoms. The molecule has 0 aliphatic carbocycles. The maximum Gasteiger partial charge on any atom is 0.306 e. The molecule has 0 aromatic rings. The first kappa shape index (κ1) is 64.8. The summed E-state index contributed by atoms with van der Waals surface area (Å²) in [5, 5.41) is 0. The first-order valence-electron chi connectivity index (χ1n) is 28.8. The lowest BCUT2D eigenvalue weighted by Gasteiger charge is -2.18. The third-order valence-corrected chi connectivity index (χ3v) is 12.1. The minimum absolute atomic E-state index is 0.0668. The average Bonchev–Trinajstić information content (AvgIpc) is 3.34. The highest BCUT2D eigenvalue weighted by Crippen LogP contribution is 2.14. The summed E-state index contributed by atoms with van der Waals surface area (Å²) in [6.07, 6.45) is 78.5. The number of esters is 2. The molecule has 0 N–H and O–H groups in total. The molecule has 390 valence electrons. The van der Waals surface area contributed by atoms with Crippen LogP contribution in [-0.2, 0) is 23.8 Å². The zero-order valence-electron chi connectivity index (χ0n) is 44.8. The fourth-order valence-electron chi connectivity index (χ4n) is 7.80. The highest BCUT2D eigenvalue weighted by atomic mass is 16.6. The van der Waals surface area contributed by atoms with Gasteiger partial charge < -0.3 is 14.2 Å². The Labute approximate surface area is 422 Å². The summed E-state index contributed by atoms with van der Waals surface area (Å²) in [6, 6.07) is 0. The summed E-state index contributed by atoms with van der Waals surface area (Å²) in [5.41, 5.74) is 0. The summed E-state index contributed by atoms with van der Waals surface area (Å²) in [6.45, 7) is 7.63. The van der Waals surface area contributed by atoms with E-state index in [1.165, 1.54) is 135 Å². The minimum Gasteiger partial charge on any atom is -0.462 e. The van der Waals surface area contributed by atoms with E-state index in [9.17, 15) is 9.59 Å². The Morgan fingerprint density at radius 3 is 1.06 bits per heavy atom. The average molecular weight is 946 g/mol. The molecular weight excluding hydrogens is 837 g/mol. The van der Waals surface area contributed by atoms with Gasteiger partial charge in [0.15, 0.2) is 6.10 Å². The number of carbonyl (C=O) groups is 2. The molecule has 0 heterocycles. The lowest BCUT2D eigenvalue weighted by atomic mass is 10.1. The number of hydrogen-bond acceptors (Lipinski definition) is 5. The summed E-state index contributed by atoms with van der Waals surface area (Å²) in [4.78, 5) is 25.5. The van der Waals surface area contributed by atoms with Gasteiger partial charge in [-0.15, -0.1) is 0 Å². The van der Waals surface area contributed by atoms with E-state index < -0.39 is 6.10 Å². The van der Waals surface area contributed by atoms with Crippen LogP contribution in [0.2, 0.25) is 0 Å². The maximum absolute atomic E-state index is 12.9. The zero-order chi connectivity index (χ0) is 49.2. The van der Waals surface area contributed by atoms with Crippen LogP contribution < -0.4 is 0 Å². The molecule has 0 spiro atoms. The number of rotatable bonds is 52. The molecule has 0 bridgehead atoms. The standard InChI is InChI=1S/C63H108O5/c1-4-7-10-13-16-19-22-25-28-30-31-32-34-37-40-43-46-49-52-55-58-66-59-61(68-63(65)57-54-51-48-45-42-39-35-27-24-21-18-15-12-9-6-3)60-67-62(64)56-53-50-47-44-41-38-36-33-29-26-23-20-17-14-11-8-5-2/h7,10,16-21,25-29,31-32,35,61H,4-6,8-9,11-15,22-24,30,33-34,36-60H2,1-3H3/b10-7-,19-16-,20-17-,21-18-,28-25-,29-26-,32-31-,35-27-. The Morgan fingerprint density at radius 2 is 0.662 bits per heavy atom. The van der Waals surface area contributed by atoms with Gasteiger partial charge in [-0.3, -0.25) is 9.59 Å². The SMILES string of the molecule is CC/C=C\C/C=C\C/C=C\C/C=C\CCCCCCCCCOCC(COC(=O)CCCCCCCCC/C=C\C/C=C\CCCCC)OC(=O)CCCCCCC/C=C\C/C=C\CCCCC. The molecule has 1 atom stereocenters. The highest BCUT2D eigenvalue weighted by molar-refractivity contribution is 5.70. The number of hydrogen-bond donors (Lipinski definition) is 0. The van der Waals surface area contributed by atoms with Gasteiger partial charge in [-0.05, 0) is 122 Å². The van der Waals surface area contributed by atoms with Crippen molar-refractivity contribution in [3.05, 3.63) is 97.2 Å². The fraction of sp³-hybridized carbons (Fsp3) is 0.714. The van der Waals surface area contributed by atoms with Gasteiger partial charge in [0.1, 0.15) is 6.61 Å². The third kappa shape index (κ3) is 55.4. The van der Waals surface area contributed by atoms with Crippen molar-refractivity contribution in [3.8, 4) is 0 Å². The van der Waals surface area contributed by atoms with Crippen LogP contribution in [0.15, 0.2) is 97.2 Å². The maximum atomic E-state index is 12.9. The highest BCUT2D eigenvalue weighted by Gasteiger charge is 2.17. The van der Waals surface area contributed by atoms with Crippen molar-refractivity contribution in [1.82, 2.24) is 0 Å². The van der Waals surface area contributed by atoms with Crippen molar-refractivity contribution in [2.45, 2.75) is 271 Å². The third-order valence-electron chi connectivity index (χ3n) is 12.1. The number of unbranched alkanes of at least 4 members (excludes halogenated alkanes) is 25. The van der Waals surface area contributed by atoms with Crippen LogP contribution in [0.5, 0.6) is 0 Å². The summed E-state index contributed by atoms with van der Waals surface area (Å²) < 4.78 is 17.5. The Morgan fingerprint density at radius 1 is 0.338 bits per heavy atom. The van der Waals surface area contributed by atoms with Crippen LogP contribution in [0.3, 0.4) is 0 Å². The molecule has 0 amide bonds. The molecule has 1 unspecified atom stereocenters. The van der Waals surface area contributed by atoms with Gasteiger partial charge in [0.2, 0.25) is 0 Å². The molecule has 0 saturated heterocycles. The second kappa shape index (κ2) is 58.1. The largest absolute Gasteiger partial charge is 0.462 e. The Hall–Kier alpha value is -3.18. The second-order valence-electron chi connectivity index (χ2n) is 18.8. The topological polar surface area (TPSA) is 61.8 Å². The normalized spacial score (nSPS) is 12.9. The van der Waals surface area contributed by atoms with Gasteiger partial charge in [0.05, 0.1) is 6.61 Å². The second-order valence-corrected chi connectivity index (χ2v) is 18.8. The van der Waals surface area contributed by atoms with Gasteiger partial charge in [-0.25, -0.2) is 0 Å². The van der Waals surface area contributed by atoms with E-state index in [0.29, 0.717) is 19.4 Å². The number of carbonyl (C=O) groups excluding carboxylic acids is 2. The van der Waals surface area contributed by atoms with Gasteiger partial charge in [-0.2, -0.15) is 0 Å². The van der Waals surface area contributed by atoms with Crippen LogP contribution in [-0.4, -0.2) is 37.9 Å². The molecule has 5 heteroatoms. The predicted molar refractivity (Wildman–Crippen MR) is 297 cm³/mol. The van der Waals surface area contributed by atoms with Gasteiger partial charge in [0.25, 0.3) is 0 Å². The van der Waals surface area contributed by atoms with Crippen molar-refractivity contribution >= 4 is 11.9 Å². The van der Waals surface area contributed by atoms with Crippen molar-refractivity contribution in [1.29, 1.82) is 0 Å². The summed E-state index contributed by atoms with van der Waals surface area (Å²) >= 11 is 0. The smallest absolute Gasteiger partial charge is 0.306 e. The van der Waals surface area contributed by atoms with Gasteiger partial charge >= 0.3 is 11.9 Å². The molecule has 0 aromatic heterocycles. The van der Waals surface area contributed by atoms with Crippen molar-refractivity contribution in [2.24, 2.45) is 0 Å². The molecule has 0 aliphatic rings. The number of allylic oxidation sites excluding steroid dienone is 16. The molecule has 5 nitrogen and oxygen atoms in total. The molecule has 0 aliphatic heterocycles. The van der Waals surface area contributed by atoms with Crippen LogP contribution in [0.1, 0.15) is 265 Å². The van der Waals surface area contributed by atoms with E-state index in [1.807, 2.05) is 0 Å². The first-order chi connectivity index (χ1) is 33.6. The molecule has 0 saturated carbocycles. The lowest BCUT2D eigenvalue weighted by molar-refractivity contribution is -0.163. The molecule has 0 aromatic carbocycles. The van der Waals surface area contributed by atoms with Gasteiger partial charge in [0, 0.05) is 19.4 Å². The van der Waals surface area contributed by atoms with E-state index in [4.69, 9.17) is 14.2 Å². The van der Waals surface area contributed by atoms with Crippen LogP contribution >= 0.6 is 0 Å². The lowest BCUT2D eigenvalue weighted by Crippen LogP contribution is -2.30. The summed E-state index contributed by atoms with van der Waals surface area (Å²) in [5.74, 6) is -0.426. The Kier molecular flexibility index (Phi) is 55.4. The van der Waals surface area contributed by atoms with Crippen LogP contribution in [0, 0.1) is 0 Å². The Balaban J connectivity index is 4.33. The predicted octanol–water partition coefficient (Wildman–Crippen LogP) is 19.8. The van der Waals surface area contributed by atoms with Gasteiger partial charge in [-0.1, -0.05) is 227 Å². The Bertz CT molecular complexity index is 1300. The number of ether oxygens (including phenoxy) is 3. The zero-order valence-corrected chi connectivity index (χ0v) is 44.8. The van der Waals surface area contributed by atoms with E-state index >= 15 is 0 Å². The molecule has 0 fully saturated rings. The van der Waals surface area contributed by atoms with Crippen LogP contribution in [0.4, 0.5) is 0 Å². The van der Waals surface area contributed by atoms with E-state index in [0.717, 1.165) is 96.3 Å². The first-order valence-corrected chi connectivity index (χ1v) is 28.8.